The largest absolute Gasteiger partial charge is 0.381 e. The second kappa shape index (κ2) is 7.29. The van der Waals surface area contributed by atoms with Crippen LogP contribution in [0.15, 0.2) is 0 Å². The second-order valence-electron chi connectivity index (χ2n) is 6.70. The summed E-state index contributed by atoms with van der Waals surface area (Å²) < 4.78 is 5.77. The Morgan fingerprint density at radius 3 is 2.19 bits per heavy atom. The maximum absolute atomic E-state index is 5.77. The van der Waals surface area contributed by atoms with E-state index in [1.807, 2.05) is 0 Å². The van der Waals surface area contributed by atoms with Crippen molar-refractivity contribution in [1.29, 1.82) is 0 Å². The summed E-state index contributed by atoms with van der Waals surface area (Å²) in [5.41, 5.74) is 0.623. The Kier molecular flexibility index (Phi) is 7.25. The van der Waals surface area contributed by atoms with E-state index < -0.39 is 0 Å². The van der Waals surface area contributed by atoms with Crippen LogP contribution in [0.4, 0.5) is 0 Å². The molecule has 2 heteroatoms. The molecular formula is C14H31NO. The van der Waals surface area contributed by atoms with E-state index in [9.17, 15) is 0 Å². The van der Waals surface area contributed by atoms with E-state index >= 15 is 0 Å². The van der Waals surface area contributed by atoms with E-state index in [1.165, 1.54) is 6.42 Å². The lowest BCUT2D eigenvalue weighted by molar-refractivity contribution is 0.0479. The van der Waals surface area contributed by atoms with Crippen molar-refractivity contribution in [3.63, 3.8) is 0 Å². The molecule has 1 N–H and O–H groups in total. The zero-order valence-corrected chi connectivity index (χ0v) is 12.2. The summed E-state index contributed by atoms with van der Waals surface area (Å²) in [5.74, 6) is 0. The lowest BCUT2D eigenvalue weighted by Gasteiger charge is -2.26. The second-order valence-corrected chi connectivity index (χ2v) is 6.70. The van der Waals surface area contributed by atoms with Crippen LogP contribution in [0, 0.1) is 10.8 Å². The van der Waals surface area contributed by atoms with E-state index in [-0.39, 0.29) is 5.41 Å². The van der Waals surface area contributed by atoms with Gasteiger partial charge in [0.2, 0.25) is 0 Å². The molecule has 0 aliphatic carbocycles. The fraction of sp³-hybridized carbons (Fsp3) is 1.00. The highest BCUT2D eigenvalue weighted by molar-refractivity contribution is 4.71. The van der Waals surface area contributed by atoms with Gasteiger partial charge in [-0.1, -0.05) is 41.5 Å². The van der Waals surface area contributed by atoms with Gasteiger partial charge in [0.05, 0.1) is 6.61 Å². The molecule has 0 aliphatic heterocycles. The van der Waals surface area contributed by atoms with Crippen LogP contribution < -0.4 is 5.32 Å². The van der Waals surface area contributed by atoms with E-state index in [0.717, 1.165) is 32.7 Å². The normalized spacial score (nSPS) is 13.1. The van der Waals surface area contributed by atoms with Crippen molar-refractivity contribution in [3.8, 4) is 0 Å². The van der Waals surface area contributed by atoms with Gasteiger partial charge in [0.25, 0.3) is 0 Å². The maximum Gasteiger partial charge on any atom is 0.0529 e. The number of ether oxygens (including phenoxy) is 1. The fourth-order valence-corrected chi connectivity index (χ4v) is 1.38. The Bertz CT molecular complexity index is 170. The van der Waals surface area contributed by atoms with Gasteiger partial charge in [0.1, 0.15) is 0 Å². The average molecular weight is 229 g/mol. The lowest BCUT2D eigenvalue weighted by Crippen LogP contribution is -2.33. The molecule has 16 heavy (non-hydrogen) atoms. The summed E-state index contributed by atoms with van der Waals surface area (Å²) in [6.07, 6.45) is 2.33. The van der Waals surface area contributed by atoms with E-state index in [1.54, 1.807) is 0 Å². The molecule has 0 heterocycles. The molecular weight excluding hydrogens is 198 g/mol. The monoisotopic (exact) mass is 229 g/mol. The summed E-state index contributed by atoms with van der Waals surface area (Å²) in [6.45, 7) is 17.3. The first kappa shape index (κ1) is 15.9. The van der Waals surface area contributed by atoms with Gasteiger partial charge in [-0.3, -0.25) is 0 Å². The molecule has 0 aromatic heterocycles. The predicted octanol–water partition coefficient (Wildman–Crippen LogP) is 3.47. The zero-order chi connectivity index (χ0) is 12.7. The van der Waals surface area contributed by atoms with Crippen molar-refractivity contribution < 1.29 is 4.74 Å². The van der Waals surface area contributed by atoms with Crippen LogP contribution in [0.5, 0.6) is 0 Å². The highest BCUT2D eigenvalue weighted by Crippen LogP contribution is 2.19. The Morgan fingerprint density at radius 1 is 1.06 bits per heavy atom. The molecule has 0 saturated heterocycles. The lowest BCUT2D eigenvalue weighted by atomic mass is 9.92. The molecule has 0 saturated carbocycles. The molecule has 0 unspecified atom stereocenters. The molecule has 0 atom stereocenters. The zero-order valence-electron chi connectivity index (χ0n) is 12.2. The molecule has 0 aromatic rings. The Hall–Kier alpha value is -0.0800. The van der Waals surface area contributed by atoms with Crippen LogP contribution in [0.1, 0.15) is 54.4 Å². The number of hydrogen-bond donors (Lipinski definition) is 1. The van der Waals surface area contributed by atoms with Crippen LogP contribution in [-0.4, -0.2) is 26.3 Å². The molecule has 0 amide bonds. The molecule has 98 valence electrons. The Labute approximate surface area is 102 Å². The molecule has 0 bridgehead atoms. The molecule has 0 fully saturated rings. The predicted molar refractivity (Wildman–Crippen MR) is 71.8 cm³/mol. The van der Waals surface area contributed by atoms with Crippen molar-refractivity contribution in [2.75, 3.05) is 26.3 Å². The van der Waals surface area contributed by atoms with Crippen LogP contribution in [0.3, 0.4) is 0 Å². The molecule has 2 nitrogen and oxygen atoms in total. The third kappa shape index (κ3) is 10.4. The number of nitrogens with one attached hydrogen (secondary N) is 1. The van der Waals surface area contributed by atoms with Crippen LogP contribution in [-0.2, 0) is 4.74 Å². The van der Waals surface area contributed by atoms with Gasteiger partial charge in [-0.25, -0.2) is 0 Å². The Balaban J connectivity index is 3.57. The standard InChI is InChI=1S/C14H31NO/c1-7-9-15-11-14(5,6)12-16-10-8-13(2,3)4/h15H,7-12H2,1-6H3. The van der Waals surface area contributed by atoms with Gasteiger partial charge < -0.3 is 10.1 Å². The third-order valence-electron chi connectivity index (χ3n) is 2.52. The molecule has 0 aliphatic rings. The SMILES string of the molecule is CCCNCC(C)(C)COCCC(C)(C)C. The van der Waals surface area contributed by atoms with E-state index in [4.69, 9.17) is 4.74 Å². The molecule has 0 radical (unpaired) electrons. The maximum atomic E-state index is 5.77. The van der Waals surface area contributed by atoms with Gasteiger partial charge in [-0.05, 0) is 24.8 Å². The van der Waals surface area contributed by atoms with Crippen LogP contribution in [0.25, 0.3) is 0 Å². The first-order valence-corrected chi connectivity index (χ1v) is 6.55. The van der Waals surface area contributed by atoms with Gasteiger partial charge in [0.15, 0.2) is 0 Å². The minimum Gasteiger partial charge on any atom is -0.381 e. The van der Waals surface area contributed by atoms with Gasteiger partial charge in [-0.15, -0.1) is 0 Å². The topological polar surface area (TPSA) is 21.3 Å². The highest BCUT2D eigenvalue weighted by atomic mass is 16.5. The number of hydrogen-bond acceptors (Lipinski definition) is 2. The molecule has 0 aromatic carbocycles. The van der Waals surface area contributed by atoms with Crippen LogP contribution in [0.2, 0.25) is 0 Å². The summed E-state index contributed by atoms with van der Waals surface area (Å²) in [5, 5.41) is 3.45. The van der Waals surface area contributed by atoms with Crippen molar-refractivity contribution in [2.45, 2.75) is 54.4 Å². The summed E-state index contributed by atoms with van der Waals surface area (Å²) in [7, 11) is 0. The number of rotatable bonds is 8. The van der Waals surface area contributed by atoms with Crippen molar-refractivity contribution >= 4 is 0 Å². The van der Waals surface area contributed by atoms with Crippen molar-refractivity contribution in [3.05, 3.63) is 0 Å². The fourth-order valence-electron chi connectivity index (χ4n) is 1.38. The average Bonchev–Trinajstić information content (AvgIpc) is 2.11. The molecule has 0 spiro atoms. The quantitative estimate of drug-likeness (QED) is 0.644. The van der Waals surface area contributed by atoms with Gasteiger partial charge >= 0.3 is 0 Å². The minimum atomic E-state index is 0.243. The van der Waals surface area contributed by atoms with Crippen molar-refractivity contribution in [2.24, 2.45) is 10.8 Å². The van der Waals surface area contributed by atoms with Crippen molar-refractivity contribution in [1.82, 2.24) is 5.32 Å². The van der Waals surface area contributed by atoms with E-state index in [2.05, 4.69) is 46.9 Å². The minimum absolute atomic E-state index is 0.243. The summed E-state index contributed by atoms with van der Waals surface area (Å²) >= 11 is 0. The van der Waals surface area contributed by atoms with E-state index in [0.29, 0.717) is 5.41 Å². The van der Waals surface area contributed by atoms with Crippen LogP contribution >= 0.6 is 0 Å². The highest BCUT2D eigenvalue weighted by Gasteiger charge is 2.18. The molecule has 0 rings (SSSR count). The smallest absolute Gasteiger partial charge is 0.0529 e. The summed E-state index contributed by atoms with van der Waals surface area (Å²) in [6, 6.07) is 0. The van der Waals surface area contributed by atoms with Gasteiger partial charge in [0, 0.05) is 18.6 Å². The Morgan fingerprint density at radius 2 is 1.69 bits per heavy atom. The first-order valence-electron chi connectivity index (χ1n) is 6.55. The third-order valence-corrected chi connectivity index (χ3v) is 2.52. The van der Waals surface area contributed by atoms with Gasteiger partial charge in [-0.2, -0.15) is 0 Å². The summed E-state index contributed by atoms with van der Waals surface area (Å²) in [4.78, 5) is 0. The first-order chi connectivity index (χ1) is 7.27.